The zero-order valence-corrected chi connectivity index (χ0v) is 17.7. The van der Waals surface area contributed by atoms with Crippen molar-refractivity contribution < 1.29 is 0 Å². The molecule has 0 unspecified atom stereocenters. The maximum Gasteiger partial charge on any atom is 0.0907 e. The van der Waals surface area contributed by atoms with E-state index in [2.05, 4.69) is 41.2 Å². The Hall–Kier alpha value is -1.78. The van der Waals surface area contributed by atoms with Gasteiger partial charge in [-0.25, -0.2) is 9.97 Å². The van der Waals surface area contributed by atoms with Gasteiger partial charge in [0.05, 0.1) is 31.0 Å². The SMILES string of the molecule is CC.CC.CCc1ccc2ncsc2c1.Cc1nc2ccccc2s1. The molecule has 134 valence electrons. The molecule has 0 saturated carbocycles. The molecule has 2 nitrogen and oxygen atoms in total. The molecule has 4 heteroatoms. The summed E-state index contributed by atoms with van der Waals surface area (Å²) in [6.45, 7) is 12.2. The van der Waals surface area contributed by atoms with Crippen molar-refractivity contribution in [2.24, 2.45) is 0 Å². The Bertz CT molecular complexity index is 829. The topological polar surface area (TPSA) is 25.8 Å². The van der Waals surface area contributed by atoms with Gasteiger partial charge in [-0.1, -0.05) is 52.8 Å². The number of fused-ring (bicyclic) bond motifs is 2. The average Bonchev–Trinajstić information content (AvgIpc) is 3.29. The summed E-state index contributed by atoms with van der Waals surface area (Å²) in [5, 5.41) is 1.14. The minimum absolute atomic E-state index is 1.10. The monoisotopic (exact) mass is 372 g/mol. The Morgan fingerprint density at radius 3 is 2.28 bits per heavy atom. The summed E-state index contributed by atoms with van der Waals surface area (Å²) in [7, 11) is 0. The van der Waals surface area contributed by atoms with Crippen LogP contribution in [0.2, 0.25) is 0 Å². The fourth-order valence-electron chi connectivity index (χ4n) is 2.11. The number of benzene rings is 2. The highest BCUT2D eigenvalue weighted by Gasteiger charge is 1.96. The summed E-state index contributed by atoms with van der Waals surface area (Å²) in [4.78, 5) is 8.54. The first-order valence-corrected chi connectivity index (χ1v) is 10.6. The second-order valence-corrected chi connectivity index (χ2v) is 6.83. The van der Waals surface area contributed by atoms with Gasteiger partial charge in [-0.15, -0.1) is 22.7 Å². The van der Waals surface area contributed by atoms with Crippen LogP contribution in [-0.4, -0.2) is 9.97 Å². The van der Waals surface area contributed by atoms with Gasteiger partial charge < -0.3 is 0 Å². The Kier molecular flexibility index (Phi) is 9.97. The van der Waals surface area contributed by atoms with Gasteiger partial charge in [0, 0.05) is 0 Å². The second-order valence-electron chi connectivity index (χ2n) is 4.71. The third kappa shape index (κ3) is 6.22. The van der Waals surface area contributed by atoms with Gasteiger partial charge >= 0.3 is 0 Å². The highest BCUT2D eigenvalue weighted by atomic mass is 32.1. The lowest BCUT2D eigenvalue weighted by molar-refractivity contribution is 1.15. The van der Waals surface area contributed by atoms with Crippen LogP contribution in [0.4, 0.5) is 0 Å². The molecular formula is C21H28N2S2. The van der Waals surface area contributed by atoms with Gasteiger partial charge in [0.15, 0.2) is 0 Å². The van der Waals surface area contributed by atoms with Crippen molar-refractivity contribution >= 4 is 43.1 Å². The summed E-state index contributed by atoms with van der Waals surface area (Å²) < 4.78 is 2.57. The van der Waals surface area contributed by atoms with E-state index >= 15 is 0 Å². The van der Waals surface area contributed by atoms with Crippen molar-refractivity contribution in [3.8, 4) is 0 Å². The minimum atomic E-state index is 1.10. The van der Waals surface area contributed by atoms with Crippen LogP contribution in [0.1, 0.15) is 45.2 Å². The van der Waals surface area contributed by atoms with Crippen molar-refractivity contribution in [1.29, 1.82) is 0 Å². The van der Waals surface area contributed by atoms with Crippen molar-refractivity contribution in [2.45, 2.75) is 48.0 Å². The highest BCUT2D eigenvalue weighted by molar-refractivity contribution is 7.18. The molecule has 25 heavy (non-hydrogen) atoms. The van der Waals surface area contributed by atoms with E-state index in [1.807, 2.05) is 58.3 Å². The molecule has 2 aromatic carbocycles. The lowest BCUT2D eigenvalue weighted by Gasteiger charge is -1.93. The quantitative estimate of drug-likeness (QED) is 0.345. The predicted molar refractivity (Wildman–Crippen MR) is 116 cm³/mol. The van der Waals surface area contributed by atoms with Gasteiger partial charge in [-0.05, 0) is 43.2 Å². The zero-order chi connectivity index (χ0) is 18.7. The maximum atomic E-state index is 4.33. The van der Waals surface area contributed by atoms with Crippen molar-refractivity contribution in [3.05, 3.63) is 58.5 Å². The molecule has 2 aromatic heterocycles. The average molecular weight is 373 g/mol. The van der Waals surface area contributed by atoms with Crippen LogP contribution in [-0.2, 0) is 6.42 Å². The van der Waals surface area contributed by atoms with E-state index in [4.69, 9.17) is 0 Å². The van der Waals surface area contributed by atoms with Crippen LogP contribution >= 0.6 is 22.7 Å². The zero-order valence-electron chi connectivity index (χ0n) is 16.0. The van der Waals surface area contributed by atoms with E-state index in [0.717, 1.165) is 22.5 Å². The number of nitrogens with zero attached hydrogens (tertiary/aromatic N) is 2. The number of hydrogen-bond donors (Lipinski definition) is 0. The third-order valence-electron chi connectivity index (χ3n) is 3.20. The fourth-order valence-corrected chi connectivity index (χ4v) is 3.67. The van der Waals surface area contributed by atoms with Crippen LogP contribution in [0.25, 0.3) is 20.4 Å². The molecule has 4 rings (SSSR count). The van der Waals surface area contributed by atoms with E-state index < -0.39 is 0 Å². The van der Waals surface area contributed by atoms with Crippen molar-refractivity contribution in [1.82, 2.24) is 9.97 Å². The Morgan fingerprint density at radius 2 is 1.60 bits per heavy atom. The Morgan fingerprint density at radius 1 is 0.880 bits per heavy atom. The normalized spacial score (nSPS) is 9.36. The summed E-state index contributed by atoms with van der Waals surface area (Å²) in [5.74, 6) is 0. The van der Waals surface area contributed by atoms with E-state index in [0.29, 0.717) is 0 Å². The van der Waals surface area contributed by atoms with Gasteiger partial charge in [0.2, 0.25) is 0 Å². The van der Waals surface area contributed by atoms with E-state index in [-0.39, 0.29) is 0 Å². The van der Waals surface area contributed by atoms with Crippen LogP contribution in [0.3, 0.4) is 0 Å². The first kappa shape index (κ1) is 21.3. The molecule has 0 atom stereocenters. The minimum Gasteiger partial charge on any atom is -0.245 e. The molecule has 0 radical (unpaired) electrons. The maximum absolute atomic E-state index is 4.33. The van der Waals surface area contributed by atoms with Gasteiger partial charge in [0.1, 0.15) is 0 Å². The molecule has 0 spiro atoms. The van der Waals surface area contributed by atoms with E-state index in [1.165, 1.54) is 15.0 Å². The number of rotatable bonds is 1. The van der Waals surface area contributed by atoms with Gasteiger partial charge in [0.25, 0.3) is 0 Å². The number of para-hydroxylation sites is 1. The molecule has 0 saturated heterocycles. The predicted octanol–water partition coefficient (Wildman–Crippen LogP) is 7.52. The summed E-state index contributed by atoms with van der Waals surface area (Å²) in [5.41, 5.74) is 5.52. The first-order chi connectivity index (χ1) is 12.3. The first-order valence-electron chi connectivity index (χ1n) is 8.90. The number of aromatic nitrogens is 2. The van der Waals surface area contributed by atoms with Crippen LogP contribution in [0, 0.1) is 6.92 Å². The van der Waals surface area contributed by atoms with Gasteiger partial charge in [-0.3, -0.25) is 0 Å². The van der Waals surface area contributed by atoms with Crippen LogP contribution < -0.4 is 0 Å². The van der Waals surface area contributed by atoms with Crippen molar-refractivity contribution in [2.75, 3.05) is 0 Å². The molecule has 0 aliphatic carbocycles. The van der Waals surface area contributed by atoms with E-state index in [1.54, 1.807) is 22.7 Å². The number of hydrogen-bond acceptors (Lipinski definition) is 4. The van der Waals surface area contributed by atoms with Gasteiger partial charge in [-0.2, -0.15) is 0 Å². The second kappa shape index (κ2) is 11.7. The van der Waals surface area contributed by atoms with E-state index in [9.17, 15) is 0 Å². The Labute approximate surface area is 159 Å². The van der Waals surface area contributed by atoms with Crippen molar-refractivity contribution in [3.63, 3.8) is 0 Å². The molecule has 0 amide bonds. The molecule has 2 heterocycles. The van der Waals surface area contributed by atoms with Crippen LogP contribution in [0.15, 0.2) is 48.0 Å². The number of aryl methyl sites for hydroxylation is 2. The molecule has 0 aliphatic heterocycles. The molecule has 4 aromatic rings. The molecule has 0 fully saturated rings. The lowest BCUT2D eigenvalue weighted by Crippen LogP contribution is -1.76. The summed E-state index contributed by atoms with van der Waals surface area (Å²) >= 11 is 3.45. The number of thiazole rings is 2. The highest BCUT2D eigenvalue weighted by Crippen LogP contribution is 2.20. The smallest absolute Gasteiger partial charge is 0.0907 e. The molecular weight excluding hydrogens is 344 g/mol. The standard InChI is InChI=1S/C9H9NS.C8H7NS.2C2H6/c1-2-7-3-4-8-9(5-7)11-6-10-8;1-6-9-7-4-2-3-5-8(7)10-6;2*1-2/h3-6H,2H2,1H3;2-5H,1H3;2*1-2H3. The summed E-state index contributed by atoms with van der Waals surface area (Å²) in [6, 6.07) is 14.6. The lowest BCUT2D eigenvalue weighted by atomic mass is 10.2. The molecule has 0 aliphatic rings. The molecule has 0 bridgehead atoms. The fraction of sp³-hybridized carbons (Fsp3) is 0.333. The largest absolute Gasteiger partial charge is 0.245 e. The Balaban J connectivity index is 0.000000210. The third-order valence-corrected chi connectivity index (χ3v) is 4.95. The molecule has 0 N–H and O–H groups in total. The van der Waals surface area contributed by atoms with Crippen LogP contribution in [0.5, 0.6) is 0 Å². The summed E-state index contributed by atoms with van der Waals surface area (Å²) in [6.07, 6.45) is 1.10.